The largest absolute Gasteiger partial charge is 0.484 e. The highest BCUT2D eigenvalue weighted by Crippen LogP contribution is 2.50. The summed E-state index contributed by atoms with van der Waals surface area (Å²) in [6.07, 6.45) is 0.135. The molecule has 0 bridgehead atoms. The van der Waals surface area contributed by atoms with Crippen molar-refractivity contribution < 1.29 is 9.47 Å². The van der Waals surface area contributed by atoms with E-state index >= 15 is 0 Å². The average Bonchev–Trinajstić information content (AvgIpc) is 2.28. The molecule has 12 heavy (non-hydrogen) atoms. The SMILES string of the molecule is CC1COc2c(Br)sc(Br)c2O1. The van der Waals surface area contributed by atoms with Crippen molar-refractivity contribution in [1.82, 2.24) is 0 Å². The van der Waals surface area contributed by atoms with Crippen LogP contribution in [0.5, 0.6) is 11.5 Å². The summed E-state index contributed by atoms with van der Waals surface area (Å²) >= 11 is 8.39. The van der Waals surface area contributed by atoms with Gasteiger partial charge in [-0.05, 0) is 38.8 Å². The summed E-state index contributed by atoms with van der Waals surface area (Å²) in [4.78, 5) is 0. The minimum Gasteiger partial charge on any atom is -0.484 e. The molecule has 2 heterocycles. The molecule has 0 saturated carbocycles. The first-order valence-corrected chi connectivity index (χ1v) is 5.86. The number of fused-ring (bicyclic) bond motifs is 1. The molecule has 5 heteroatoms. The van der Waals surface area contributed by atoms with E-state index in [2.05, 4.69) is 31.9 Å². The van der Waals surface area contributed by atoms with Crippen LogP contribution >= 0.6 is 43.2 Å². The first-order chi connectivity index (χ1) is 5.68. The minimum atomic E-state index is 0.135. The molecule has 1 unspecified atom stereocenters. The molecule has 2 nitrogen and oxygen atoms in total. The maximum atomic E-state index is 5.59. The molecule has 66 valence electrons. The first-order valence-electron chi connectivity index (χ1n) is 3.45. The lowest BCUT2D eigenvalue weighted by Gasteiger charge is -2.21. The van der Waals surface area contributed by atoms with Crippen molar-refractivity contribution in [3.05, 3.63) is 7.57 Å². The minimum absolute atomic E-state index is 0.135. The molecule has 0 amide bonds. The molecule has 2 rings (SSSR count). The highest BCUT2D eigenvalue weighted by atomic mass is 79.9. The molecular weight excluding hydrogens is 308 g/mol. The summed E-state index contributed by atoms with van der Waals surface area (Å²) in [6.45, 7) is 2.61. The van der Waals surface area contributed by atoms with Crippen LogP contribution in [-0.4, -0.2) is 12.7 Å². The van der Waals surface area contributed by atoms with E-state index in [1.807, 2.05) is 6.92 Å². The standard InChI is InChI=1S/C7H6Br2O2S/c1-3-2-10-4-5(11-3)7(9)12-6(4)8/h3H,2H2,1H3. The third-order valence-corrected chi connectivity index (χ3v) is 3.94. The summed E-state index contributed by atoms with van der Waals surface area (Å²) in [6, 6.07) is 0. The fourth-order valence-electron chi connectivity index (χ4n) is 1.01. The summed E-state index contributed by atoms with van der Waals surface area (Å²) in [7, 11) is 0. The molecule has 0 fully saturated rings. The molecular formula is C7H6Br2O2S. The Morgan fingerprint density at radius 2 is 2.00 bits per heavy atom. The van der Waals surface area contributed by atoms with Crippen molar-refractivity contribution in [1.29, 1.82) is 0 Å². The Labute approximate surface area is 91.1 Å². The third kappa shape index (κ3) is 1.38. The smallest absolute Gasteiger partial charge is 0.188 e. The Morgan fingerprint density at radius 1 is 1.33 bits per heavy atom. The number of thiophene rings is 1. The van der Waals surface area contributed by atoms with E-state index in [-0.39, 0.29) is 6.10 Å². The van der Waals surface area contributed by atoms with Gasteiger partial charge in [0.15, 0.2) is 11.5 Å². The van der Waals surface area contributed by atoms with E-state index in [9.17, 15) is 0 Å². The summed E-state index contributed by atoms with van der Waals surface area (Å²) in [5, 5.41) is 0. The monoisotopic (exact) mass is 312 g/mol. The second-order valence-electron chi connectivity index (χ2n) is 2.55. The zero-order valence-electron chi connectivity index (χ0n) is 6.27. The molecule has 1 aliphatic heterocycles. The van der Waals surface area contributed by atoms with Crippen molar-refractivity contribution in [3.8, 4) is 11.5 Å². The lowest BCUT2D eigenvalue weighted by atomic mass is 10.4. The van der Waals surface area contributed by atoms with Crippen molar-refractivity contribution in [3.63, 3.8) is 0 Å². The van der Waals surface area contributed by atoms with Crippen LogP contribution in [0, 0.1) is 0 Å². The number of halogens is 2. The molecule has 1 aromatic rings. The van der Waals surface area contributed by atoms with Gasteiger partial charge in [-0.3, -0.25) is 0 Å². The van der Waals surface area contributed by atoms with Gasteiger partial charge in [0.25, 0.3) is 0 Å². The van der Waals surface area contributed by atoms with Gasteiger partial charge in [0, 0.05) is 0 Å². The lowest BCUT2D eigenvalue weighted by molar-refractivity contribution is 0.104. The van der Waals surface area contributed by atoms with Crippen LogP contribution in [0.1, 0.15) is 6.92 Å². The van der Waals surface area contributed by atoms with E-state index in [0.717, 1.165) is 19.1 Å². The van der Waals surface area contributed by atoms with Gasteiger partial charge >= 0.3 is 0 Å². The Bertz CT molecular complexity index is 311. The van der Waals surface area contributed by atoms with Crippen LogP contribution in [0.25, 0.3) is 0 Å². The zero-order chi connectivity index (χ0) is 8.72. The van der Waals surface area contributed by atoms with Crippen LogP contribution in [0.15, 0.2) is 7.57 Å². The van der Waals surface area contributed by atoms with E-state index in [4.69, 9.17) is 9.47 Å². The second kappa shape index (κ2) is 3.20. The van der Waals surface area contributed by atoms with Gasteiger partial charge in [0.1, 0.15) is 20.3 Å². The van der Waals surface area contributed by atoms with Gasteiger partial charge < -0.3 is 9.47 Å². The number of hydrogen-bond donors (Lipinski definition) is 0. The summed E-state index contributed by atoms with van der Waals surface area (Å²) < 4.78 is 13.1. The fraction of sp³-hybridized carbons (Fsp3) is 0.429. The van der Waals surface area contributed by atoms with Crippen LogP contribution in [-0.2, 0) is 0 Å². The topological polar surface area (TPSA) is 18.5 Å². The van der Waals surface area contributed by atoms with E-state index < -0.39 is 0 Å². The van der Waals surface area contributed by atoms with Crippen LogP contribution in [0.2, 0.25) is 0 Å². The third-order valence-electron chi connectivity index (χ3n) is 1.52. The summed E-state index contributed by atoms with van der Waals surface area (Å²) in [5.74, 6) is 1.65. The molecule has 0 aromatic carbocycles. The van der Waals surface area contributed by atoms with Crippen LogP contribution in [0.4, 0.5) is 0 Å². The maximum absolute atomic E-state index is 5.59. The van der Waals surface area contributed by atoms with Gasteiger partial charge in [-0.1, -0.05) is 0 Å². The van der Waals surface area contributed by atoms with E-state index in [0.29, 0.717) is 6.61 Å². The molecule has 0 saturated heterocycles. The predicted molar refractivity (Wildman–Crippen MR) is 55.3 cm³/mol. The second-order valence-corrected chi connectivity index (χ2v) is 6.20. The van der Waals surface area contributed by atoms with Crippen molar-refractivity contribution in [2.24, 2.45) is 0 Å². The first kappa shape index (κ1) is 8.84. The Morgan fingerprint density at radius 3 is 2.75 bits per heavy atom. The van der Waals surface area contributed by atoms with Crippen molar-refractivity contribution in [2.75, 3.05) is 6.61 Å². The van der Waals surface area contributed by atoms with Crippen LogP contribution < -0.4 is 9.47 Å². The van der Waals surface area contributed by atoms with Crippen molar-refractivity contribution >= 4 is 43.2 Å². The van der Waals surface area contributed by atoms with Gasteiger partial charge in [0.05, 0.1) is 0 Å². The predicted octanol–water partition coefficient (Wildman–Crippen LogP) is 3.43. The van der Waals surface area contributed by atoms with E-state index in [1.165, 1.54) is 0 Å². The zero-order valence-corrected chi connectivity index (χ0v) is 10.3. The van der Waals surface area contributed by atoms with Gasteiger partial charge in [-0.2, -0.15) is 0 Å². The number of rotatable bonds is 0. The van der Waals surface area contributed by atoms with Gasteiger partial charge in [0.2, 0.25) is 0 Å². The Hall–Kier alpha value is 0.260. The molecule has 0 N–H and O–H groups in total. The normalized spacial score (nSPS) is 21.1. The fourth-order valence-corrected chi connectivity index (χ4v) is 3.83. The average molecular weight is 314 g/mol. The molecule has 0 radical (unpaired) electrons. The van der Waals surface area contributed by atoms with Crippen LogP contribution in [0.3, 0.4) is 0 Å². The molecule has 1 aromatic heterocycles. The summed E-state index contributed by atoms with van der Waals surface area (Å²) in [5.41, 5.74) is 0. The highest BCUT2D eigenvalue weighted by Gasteiger charge is 2.25. The Balaban J connectivity index is 2.45. The number of hydrogen-bond acceptors (Lipinski definition) is 3. The van der Waals surface area contributed by atoms with Gasteiger partial charge in [-0.15, -0.1) is 11.3 Å². The highest BCUT2D eigenvalue weighted by molar-refractivity contribution is 9.12. The molecule has 0 spiro atoms. The Kier molecular flexibility index (Phi) is 2.35. The molecule has 1 aliphatic rings. The van der Waals surface area contributed by atoms with Gasteiger partial charge in [-0.25, -0.2) is 0 Å². The number of ether oxygens (including phenoxy) is 2. The maximum Gasteiger partial charge on any atom is 0.188 e. The molecule has 1 atom stereocenters. The van der Waals surface area contributed by atoms with Crippen molar-refractivity contribution in [2.45, 2.75) is 13.0 Å². The molecule has 0 aliphatic carbocycles. The quantitative estimate of drug-likeness (QED) is 0.730. The lowest BCUT2D eigenvalue weighted by Crippen LogP contribution is -2.25. The van der Waals surface area contributed by atoms with E-state index in [1.54, 1.807) is 11.3 Å².